The number of phenols is 1. The number of ether oxygens (including phenoxy) is 1. The Hall–Kier alpha value is -2.25. The molecule has 0 amide bonds. The van der Waals surface area contributed by atoms with E-state index in [1.54, 1.807) is 0 Å². The first kappa shape index (κ1) is 17.1. The fraction of sp³-hybridized carbons (Fsp3) is 0.133. The number of phenolic OH excluding ortho intramolecular Hbond substituents is 1. The first-order chi connectivity index (χ1) is 10.7. The predicted molar refractivity (Wildman–Crippen MR) is 84.8 cm³/mol. The smallest absolute Gasteiger partial charge is 0.341 e. The Labute approximate surface area is 137 Å². The molecule has 0 aliphatic heterocycles. The Kier molecular flexibility index (Phi) is 4.82. The van der Waals surface area contributed by atoms with Gasteiger partial charge in [0.1, 0.15) is 11.5 Å². The summed E-state index contributed by atoms with van der Waals surface area (Å²) in [5, 5.41) is 19.1. The number of carboxylic acid groups (broad SMARTS) is 1. The van der Waals surface area contributed by atoms with Crippen molar-refractivity contribution < 1.29 is 28.2 Å². The molecule has 8 heteroatoms. The van der Waals surface area contributed by atoms with Gasteiger partial charge in [-0.05, 0) is 36.4 Å². The molecule has 0 saturated carbocycles. The molecule has 2 aromatic carbocycles. The van der Waals surface area contributed by atoms with Crippen molar-refractivity contribution >= 4 is 27.4 Å². The number of aliphatic carboxylic acids is 1. The molecule has 2 N–H and O–H groups in total. The summed E-state index contributed by atoms with van der Waals surface area (Å²) < 4.78 is 28.5. The van der Waals surface area contributed by atoms with Gasteiger partial charge in [0.05, 0.1) is 4.90 Å². The molecular weight excluding hydrogens is 344 g/mol. The molecule has 23 heavy (non-hydrogen) atoms. The molecule has 0 radical (unpaired) electrons. The molecular formula is C15H13ClO6S. The van der Waals surface area contributed by atoms with Gasteiger partial charge in [-0.25, -0.2) is 13.2 Å². The summed E-state index contributed by atoms with van der Waals surface area (Å²) in [6.45, 7) is -0.582. The van der Waals surface area contributed by atoms with E-state index in [9.17, 15) is 18.3 Å². The Balaban J connectivity index is 2.61. The molecule has 0 bridgehead atoms. The van der Waals surface area contributed by atoms with Crippen LogP contribution in [0.2, 0.25) is 5.02 Å². The number of halogens is 1. The molecule has 0 unspecified atom stereocenters. The van der Waals surface area contributed by atoms with Gasteiger partial charge >= 0.3 is 5.97 Å². The highest BCUT2D eigenvalue weighted by molar-refractivity contribution is 7.90. The lowest BCUT2D eigenvalue weighted by atomic mass is 10.0. The first-order valence-corrected chi connectivity index (χ1v) is 8.63. The third kappa shape index (κ3) is 4.14. The highest BCUT2D eigenvalue weighted by atomic mass is 35.5. The standard InChI is InChI=1S/C15H13ClO6S/c1-23(20,21)10-3-4-13(17)11(7-10)12-6-9(16)2-5-14(12)22-8-15(18)19/h2-7,17H,8H2,1H3,(H,18,19). The zero-order valence-corrected chi connectivity index (χ0v) is 13.6. The Morgan fingerprint density at radius 2 is 1.87 bits per heavy atom. The fourth-order valence-electron chi connectivity index (χ4n) is 1.94. The van der Waals surface area contributed by atoms with Crippen LogP contribution in [0.25, 0.3) is 11.1 Å². The molecule has 0 saturated heterocycles. The van der Waals surface area contributed by atoms with Crippen molar-refractivity contribution in [3.8, 4) is 22.6 Å². The zero-order chi connectivity index (χ0) is 17.2. The molecule has 0 atom stereocenters. The lowest BCUT2D eigenvalue weighted by Crippen LogP contribution is -2.10. The molecule has 122 valence electrons. The highest BCUT2D eigenvalue weighted by Crippen LogP contribution is 2.38. The quantitative estimate of drug-likeness (QED) is 0.853. The number of carbonyl (C=O) groups is 1. The molecule has 0 aliphatic rings. The van der Waals surface area contributed by atoms with Gasteiger partial charge in [0, 0.05) is 22.4 Å². The van der Waals surface area contributed by atoms with Gasteiger partial charge < -0.3 is 14.9 Å². The maximum absolute atomic E-state index is 11.7. The number of hydrogen-bond donors (Lipinski definition) is 2. The van der Waals surface area contributed by atoms with Gasteiger partial charge in [-0.1, -0.05) is 11.6 Å². The summed E-state index contributed by atoms with van der Waals surface area (Å²) in [5.74, 6) is -1.18. The molecule has 0 heterocycles. The van der Waals surface area contributed by atoms with Crippen LogP contribution in [-0.4, -0.2) is 37.5 Å². The van der Waals surface area contributed by atoms with Crippen molar-refractivity contribution in [3.05, 3.63) is 41.4 Å². The van der Waals surface area contributed by atoms with Gasteiger partial charge in [0.15, 0.2) is 16.4 Å². The molecule has 0 fully saturated rings. The maximum atomic E-state index is 11.7. The van der Waals surface area contributed by atoms with Crippen molar-refractivity contribution in [2.24, 2.45) is 0 Å². The molecule has 2 rings (SSSR count). The van der Waals surface area contributed by atoms with E-state index in [0.29, 0.717) is 10.6 Å². The van der Waals surface area contributed by atoms with Crippen LogP contribution in [0.1, 0.15) is 0 Å². The van der Waals surface area contributed by atoms with Crippen molar-refractivity contribution in [3.63, 3.8) is 0 Å². The fourth-order valence-corrected chi connectivity index (χ4v) is 2.76. The summed E-state index contributed by atoms with van der Waals surface area (Å²) in [6, 6.07) is 8.21. The van der Waals surface area contributed by atoms with Gasteiger partial charge in [0.2, 0.25) is 0 Å². The molecule has 0 spiro atoms. The van der Waals surface area contributed by atoms with Crippen molar-refractivity contribution in [2.45, 2.75) is 4.90 Å². The predicted octanol–water partition coefficient (Wildman–Crippen LogP) is 2.58. The number of aromatic hydroxyl groups is 1. The van der Waals surface area contributed by atoms with Crippen LogP contribution >= 0.6 is 11.6 Å². The Morgan fingerprint density at radius 1 is 1.17 bits per heavy atom. The Morgan fingerprint density at radius 3 is 2.48 bits per heavy atom. The largest absolute Gasteiger partial charge is 0.507 e. The Bertz CT molecular complexity index is 860. The van der Waals surface area contributed by atoms with E-state index in [1.165, 1.54) is 36.4 Å². The zero-order valence-electron chi connectivity index (χ0n) is 12.0. The van der Waals surface area contributed by atoms with E-state index in [1.807, 2.05) is 0 Å². The number of rotatable bonds is 5. The lowest BCUT2D eigenvalue weighted by molar-refractivity contribution is -0.139. The van der Waals surface area contributed by atoms with E-state index in [0.717, 1.165) is 6.26 Å². The van der Waals surface area contributed by atoms with E-state index in [2.05, 4.69) is 0 Å². The second-order valence-electron chi connectivity index (χ2n) is 4.77. The molecule has 0 aromatic heterocycles. The summed E-state index contributed by atoms with van der Waals surface area (Å²) in [5.41, 5.74) is 0.470. The number of hydrogen-bond acceptors (Lipinski definition) is 5. The van der Waals surface area contributed by atoms with Crippen LogP contribution in [0, 0.1) is 0 Å². The van der Waals surface area contributed by atoms with Crippen LogP contribution in [-0.2, 0) is 14.6 Å². The minimum Gasteiger partial charge on any atom is -0.507 e. The first-order valence-electron chi connectivity index (χ1n) is 6.36. The summed E-state index contributed by atoms with van der Waals surface area (Å²) in [7, 11) is -3.48. The van der Waals surface area contributed by atoms with E-state index < -0.39 is 22.4 Å². The second kappa shape index (κ2) is 6.47. The monoisotopic (exact) mass is 356 g/mol. The van der Waals surface area contributed by atoms with Crippen LogP contribution < -0.4 is 4.74 Å². The van der Waals surface area contributed by atoms with Crippen LogP contribution in [0.15, 0.2) is 41.3 Å². The van der Waals surface area contributed by atoms with Crippen molar-refractivity contribution in [2.75, 3.05) is 12.9 Å². The van der Waals surface area contributed by atoms with E-state index >= 15 is 0 Å². The minimum atomic E-state index is -3.48. The summed E-state index contributed by atoms with van der Waals surface area (Å²) >= 11 is 5.94. The second-order valence-corrected chi connectivity index (χ2v) is 7.23. The van der Waals surface area contributed by atoms with E-state index in [4.69, 9.17) is 21.4 Å². The minimum absolute atomic E-state index is 0.00876. The number of carboxylic acids is 1. The molecule has 0 aliphatic carbocycles. The van der Waals surface area contributed by atoms with Crippen LogP contribution in [0.4, 0.5) is 0 Å². The van der Waals surface area contributed by atoms with Gasteiger partial charge in [-0.2, -0.15) is 0 Å². The van der Waals surface area contributed by atoms with Gasteiger partial charge in [-0.15, -0.1) is 0 Å². The van der Waals surface area contributed by atoms with E-state index in [-0.39, 0.29) is 22.0 Å². The summed E-state index contributed by atoms with van der Waals surface area (Å²) in [6.07, 6.45) is 1.04. The average Bonchev–Trinajstić information content (AvgIpc) is 2.45. The summed E-state index contributed by atoms with van der Waals surface area (Å²) in [4.78, 5) is 10.7. The highest BCUT2D eigenvalue weighted by Gasteiger charge is 2.16. The third-order valence-electron chi connectivity index (χ3n) is 2.98. The topological polar surface area (TPSA) is 101 Å². The third-order valence-corrected chi connectivity index (χ3v) is 4.32. The van der Waals surface area contributed by atoms with Crippen LogP contribution in [0.5, 0.6) is 11.5 Å². The SMILES string of the molecule is CS(=O)(=O)c1ccc(O)c(-c2cc(Cl)ccc2OCC(=O)O)c1. The van der Waals surface area contributed by atoms with Crippen molar-refractivity contribution in [1.82, 2.24) is 0 Å². The van der Waals surface area contributed by atoms with Crippen LogP contribution in [0.3, 0.4) is 0 Å². The maximum Gasteiger partial charge on any atom is 0.341 e. The molecule has 6 nitrogen and oxygen atoms in total. The molecule has 2 aromatic rings. The number of benzene rings is 2. The van der Waals surface area contributed by atoms with Gasteiger partial charge in [-0.3, -0.25) is 0 Å². The lowest BCUT2D eigenvalue weighted by Gasteiger charge is -2.13. The average molecular weight is 357 g/mol. The number of sulfone groups is 1. The van der Waals surface area contributed by atoms with Crippen molar-refractivity contribution in [1.29, 1.82) is 0 Å². The van der Waals surface area contributed by atoms with Gasteiger partial charge in [0.25, 0.3) is 0 Å². The normalized spacial score (nSPS) is 11.2.